The number of halogens is 2. The number of carbonyl (C=O) groups is 2. The fraction of sp³-hybridized carbons (Fsp3) is 0.429. The van der Waals surface area contributed by atoms with Crippen molar-refractivity contribution >= 4 is 27.8 Å². The lowest BCUT2D eigenvalue weighted by molar-refractivity contribution is -0.137. The molecule has 1 aromatic rings. The van der Waals surface area contributed by atoms with E-state index in [1.165, 1.54) is 18.2 Å². The molecular formula is C14H16BrFN2O3. The van der Waals surface area contributed by atoms with Crippen LogP contribution in [-0.4, -0.2) is 59.5 Å². The van der Waals surface area contributed by atoms with Crippen molar-refractivity contribution < 1.29 is 19.1 Å². The summed E-state index contributed by atoms with van der Waals surface area (Å²) >= 11 is 3.07. The summed E-state index contributed by atoms with van der Waals surface area (Å²) in [5, 5.41) is 8.66. The summed E-state index contributed by atoms with van der Waals surface area (Å²) in [6.45, 7) is 2.91. The zero-order valence-corrected chi connectivity index (χ0v) is 13.0. The minimum Gasteiger partial charge on any atom is -0.481 e. The Hall–Kier alpha value is -1.47. The van der Waals surface area contributed by atoms with Crippen LogP contribution in [0.3, 0.4) is 0 Å². The first-order valence-corrected chi connectivity index (χ1v) is 7.45. The molecule has 21 heavy (non-hydrogen) atoms. The van der Waals surface area contributed by atoms with Crippen molar-refractivity contribution in [3.05, 3.63) is 34.1 Å². The highest BCUT2D eigenvalue weighted by Crippen LogP contribution is 2.18. The standard InChI is InChI=1S/C14H16BrFN2O3/c15-11-9-10(1-2-12(11)16)14(21)18-7-5-17(6-8-18)4-3-13(19)20/h1-2,9H,3-8H2,(H,19,20). The molecule has 1 fully saturated rings. The van der Waals surface area contributed by atoms with Crippen LogP contribution in [0.25, 0.3) is 0 Å². The van der Waals surface area contributed by atoms with E-state index in [9.17, 15) is 14.0 Å². The second-order valence-electron chi connectivity index (χ2n) is 4.91. The van der Waals surface area contributed by atoms with E-state index < -0.39 is 11.8 Å². The van der Waals surface area contributed by atoms with Gasteiger partial charge in [0.15, 0.2) is 0 Å². The molecule has 0 saturated carbocycles. The Morgan fingerprint density at radius 3 is 2.48 bits per heavy atom. The maximum atomic E-state index is 13.2. The molecule has 0 atom stereocenters. The number of carbonyl (C=O) groups excluding carboxylic acids is 1. The van der Waals surface area contributed by atoms with Gasteiger partial charge in [0.05, 0.1) is 10.9 Å². The second-order valence-corrected chi connectivity index (χ2v) is 5.76. The van der Waals surface area contributed by atoms with Gasteiger partial charge < -0.3 is 10.0 Å². The molecule has 0 unspecified atom stereocenters. The van der Waals surface area contributed by atoms with Crippen molar-refractivity contribution in [1.82, 2.24) is 9.80 Å². The third-order valence-electron chi connectivity index (χ3n) is 3.47. The first-order valence-electron chi connectivity index (χ1n) is 6.66. The van der Waals surface area contributed by atoms with Gasteiger partial charge in [-0.3, -0.25) is 14.5 Å². The molecule has 1 heterocycles. The Kier molecular flexibility index (Phi) is 5.30. The van der Waals surface area contributed by atoms with Crippen LogP contribution in [0.4, 0.5) is 4.39 Å². The Labute approximate surface area is 130 Å². The van der Waals surface area contributed by atoms with E-state index in [-0.39, 0.29) is 16.8 Å². The summed E-state index contributed by atoms with van der Waals surface area (Å²) < 4.78 is 13.5. The predicted octanol–water partition coefficient (Wildman–Crippen LogP) is 1.82. The third kappa shape index (κ3) is 4.25. The number of benzene rings is 1. The normalized spacial score (nSPS) is 16.0. The van der Waals surface area contributed by atoms with Crippen LogP contribution in [0.1, 0.15) is 16.8 Å². The molecule has 0 aromatic heterocycles. The molecule has 1 aliphatic rings. The summed E-state index contributed by atoms with van der Waals surface area (Å²) in [5.41, 5.74) is 0.447. The van der Waals surface area contributed by atoms with E-state index in [1.54, 1.807) is 4.90 Å². The molecule has 2 rings (SSSR count). The van der Waals surface area contributed by atoms with Gasteiger partial charge >= 0.3 is 5.97 Å². The summed E-state index contributed by atoms with van der Waals surface area (Å²) in [6.07, 6.45) is 0.110. The highest BCUT2D eigenvalue weighted by atomic mass is 79.9. The Morgan fingerprint density at radius 1 is 1.24 bits per heavy atom. The van der Waals surface area contributed by atoms with Crippen LogP contribution in [0.5, 0.6) is 0 Å². The van der Waals surface area contributed by atoms with E-state index in [2.05, 4.69) is 15.9 Å². The summed E-state index contributed by atoms with van der Waals surface area (Å²) in [5.74, 6) is -1.34. The van der Waals surface area contributed by atoms with E-state index >= 15 is 0 Å². The van der Waals surface area contributed by atoms with Crippen LogP contribution >= 0.6 is 15.9 Å². The van der Waals surface area contributed by atoms with Gasteiger partial charge in [-0.2, -0.15) is 0 Å². The quantitative estimate of drug-likeness (QED) is 0.891. The average Bonchev–Trinajstić information content (AvgIpc) is 2.48. The highest BCUT2D eigenvalue weighted by Gasteiger charge is 2.22. The topological polar surface area (TPSA) is 60.9 Å². The third-order valence-corrected chi connectivity index (χ3v) is 4.08. The van der Waals surface area contributed by atoms with Gasteiger partial charge in [-0.1, -0.05) is 0 Å². The molecule has 7 heteroatoms. The molecule has 114 valence electrons. The Morgan fingerprint density at radius 2 is 1.90 bits per heavy atom. The molecule has 5 nitrogen and oxygen atoms in total. The van der Waals surface area contributed by atoms with Gasteiger partial charge in [0.25, 0.3) is 5.91 Å². The van der Waals surface area contributed by atoms with Gasteiger partial charge in [-0.05, 0) is 34.1 Å². The van der Waals surface area contributed by atoms with E-state index in [1.807, 2.05) is 4.90 Å². The lowest BCUT2D eigenvalue weighted by Gasteiger charge is -2.34. The Balaban J connectivity index is 1.90. The number of carboxylic acid groups (broad SMARTS) is 1. The lowest BCUT2D eigenvalue weighted by atomic mass is 10.1. The minimum atomic E-state index is -0.815. The first kappa shape index (κ1) is 15.9. The maximum Gasteiger partial charge on any atom is 0.304 e. The van der Waals surface area contributed by atoms with Gasteiger partial charge in [-0.25, -0.2) is 4.39 Å². The molecule has 1 aliphatic heterocycles. The van der Waals surface area contributed by atoms with E-state index in [0.29, 0.717) is 38.3 Å². The van der Waals surface area contributed by atoms with Gasteiger partial charge in [0.2, 0.25) is 0 Å². The number of nitrogens with zero attached hydrogens (tertiary/aromatic N) is 2. The lowest BCUT2D eigenvalue weighted by Crippen LogP contribution is -2.49. The van der Waals surface area contributed by atoms with Crippen molar-refractivity contribution in [2.24, 2.45) is 0 Å². The van der Waals surface area contributed by atoms with Crippen LogP contribution in [0.15, 0.2) is 22.7 Å². The molecule has 1 saturated heterocycles. The maximum absolute atomic E-state index is 13.2. The number of carboxylic acids is 1. The number of rotatable bonds is 4. The van der Waals surface area contributed by atoms with E-state index in [0.717, 1.165) is 0 Å². The van der Waals surface area contributed by atoms with Crippen LogP contribution < -0.4 is 0 Å². The zero-order chi connectivity index (χ0) is 15.4. The van der Waals surface area contributed by atoms with Gasteiger partial charge in [0, 0.05) is 38.3 Å². The molecule has 0 radical (unpaired) electrons. The Bertz CT molecular complexity index is 545. The summed E-state index contributed by atoms with van der Waals surface area (Å²) in [6, 6.07) is 4.22. The first-order chi connectivity index (χ1) is 9.97. The van der Waals surface area contributed by atoms with Gasteiger partial charge in [-0.15, -0.1) is 0 Å². The summed E-state index contributed by atoms with van der Waals surface area (Å²) in [4.78, 5) is 26.6. The van der Waals surface area contributed by atoms with Crippen molar-refractivity contribution in [2.45, 2.75) is 6.42 Å². The number of hydrogen-bond donors (Lipinski definition) is 1. The van der Waals surface area contributed by atoms with Crippen LogP contribution in [0.2, 0.25) is 0 Å². The summed E-state index contributed by atoms with van der Waals surface area (Å²) in [7, 11) is 0. The molecule has 1 aromatic carbocycles. The molecule has 0 spiro atoms. The van der Waals surface area contributed by atoms with Crippen molar-refractivity contribution in [2.75, 3.05) is 32.7 Å². The smallest absolute Gasteiger partial charge is 0.304 e. The fourth-order valence-corrected chi connectivity index (χ4v) is 2.62. The van der Waals surface area contributed by atoms with E-state index in [4.69, 9.17) is 5.11 Å². The number of hydrogen-bond acceptors (Lipinski definition) is 3. The number of amides is 1. The van der Waals surface area contributed by atoms with Gasteiger partial charge in [0.1, 0.15) is 5.82 Å². The molecule has 0 aliphatic carbocycles. The predicted molar refractivity (Wildman–Crippen MR) is 78.7 cm³/mol. The van der Waals surface area contributed by atoms with Crippen molar-refractivity contribution in [3.8, 4) is 0 Å². The van der Waals surface area contributed by atoms with Crippen LogP contribution in [0, 0.1) is 5.82 Å². The van der Waals surface area contributed by atoms with Crippen LogP contribution in [-0.2, 0) is 4.79 Å². The molecule has 1 N–H and O–H groups in total. The number of aliphatic carboxylic acids is 1. The monoisotopic (exact) mass is 358 g/mol. The highest BCUT2D eigenvalue weighted by molar-refractivity contribution is 9.10. The second kappa shape index (κ2) is 7.00. The van der Waals surface area contributed by atoms with Crippen molar-refractivity contribution in [3.63, 3.8) is 0 Å². The average molecular weight is 359 g/mol. The molecule has 0 bridgehead atoms. The van der Waals surface area contributed by atoms with Crippen molar-refractivity contribution in [1.29, 1.82) is 0 Å². The molecule has 1 amide bonds. The number of piperazine rings is 1. The fourth-order valence-electron chi connectivity index (χ4n) is 2.24. The largest absolute Gasteiger partial charge is 0.481 e. The minimum absolute atomic E-state index is 0.110. The SMILES string of the molecule is O=C(O)CCN1CCN(C(=O)c2ccc(F)c(Br)c2)CC1. The molecular weight excluding hydrogens is 343 g/mol. The zero-order valence-electron chi connectivity index (χ0n) is 11.4.